The SMILES string of the molecule is O=S(=O)(NCc1ccc(N2CCOCC2)nc1)c1cccc(Br)c1. The monoisotopic (exact) mass is 411 g/mol. The normalized spacial score (nSPS) is 15.5. The molecule has 0 bridgehead atoms. The molecule has 1 aromatic carbocycles. The Hall–Kier alpha value is -1.48. The predicted octanol–water partition coefficient (Wildman–Crippen LogP) is 2.16. The quantitative estimate of drug-likeness (QED) is 0.815. The molecule has 2 heterocycles. The highest BCUT2D eigenvalue weighted by atomic mass is 79.9. The number of pyridine rings is 1. The number of rotatable bonds is 5. The van der Waals surface area contributed by atoms with Crippen molar-refractivity contribution in [2.45, 2.75) is 11.4 Å². The Morgan fingerprint density at radius 2 is 2.00 bits per heavy atom. The van der Waals surface area contributed by atoms with Crippen LogP contribution in [0.15, 0.2) is 52.0 Å². The molecule has 0 saturated carbocycles. The largest absolute Gasteiger partial charge is 0.378 e. The molecule has 3 rings (SSSR count). The highest BCUT2D eigenvalue weighted by Gasteiger charge is 2.15. The van der Waals surface area contributed by atoms with Crippen molar-refractivity contribution in [3.8, 4) is 0 Å². The van der Waals surface area contributed by atoms with Gasteiger partial charge in [0.1, 0.15) is 5.82 Å². The van der Waals surface area contributed by atoms with Crippen LogP contribution in [0.25, 0.3) is 0 Å². The van der Waals surface area contributed by atoms with E-state index in [4.69, 9.17) is 4.74 Å². The number of nitrogens with zero attached hydrogens (tertiary/aromatic N) is 2. The van der Waals surface area contributed by atoms with Gasteiger partial charge in [-0.05, 0) is 29.8 Å². The molecule has 1 saturated heterocycles. The first-order chi connectivity index (χ1) is 11.5. The van der Waals surface area contributed by atoms with Crippen LogP contribution >= 0.6 is 15.9 Å². The third-order valence-electron chi connectivity index (χ3n) is 3.72. The summed E-state index contributed by atoms with van der Waals surface area (Å²) in [5.41, 5.74) is 0.811. The molecule has 0 radical (unpaired) electrons. The molecule has 0 spiro atoms. The molecule has 128 valence electrons. The third kappa shape index (κ3) is 4.32. The maximum absolute atomic E-state index is 12.3. The maximum atomic E-state index is 12.3. The molecule has 1 aliphatic heterocycles. The van der Waals surface area contributed by atoms with Crippen molar-refractivity contribution in [2.24, 2.45) is 0 Å². The van der Waals surface area contributed by atoms with Crippen molar-refractivity contribution >= 4 is 31.8 Å². The molecular formula is C16H18BrN3O3S. The van der Waals surface area contributed by atoms with E-state index >= 15 is 0 Å². The van der Waals surface area contributed by atoms with E-state index in [0.29, 0.717) is 13.2 Å². The summed E-state index contributed by atoms with van der Waals surface area (Å²) in [7, 11) is -3.55. The van der Waals surface area contributed by atoms with Crippen molar-refractivity contribution in [1.29, 1.82) is 0 Å². The summed E-state index contributed by atoms with van der Waals surface area (Å²) in [6, 6.07) is 10.4. The summed E-state index contributed by atoms with van der Waals surface area (Å²) in [6.45, 7) is 3.25. The van der Waals surface area contributed by atoms with Gasteiger partial charge in [-0.1, -0.05) is 28.1 Å². The van der Waals surface area contributed by atoms with Crippen LogP contribution in [0.2, 0.25) is 0 Å². The summed E-state index contributed by atoms with van der Waals surface area (Å²) in [5, 5.41) is 0. The van der Waals surface area contributed by atoms with Gasteiger partial charge in [-0.25, -0.2) is 18.1 Å². The molecular weight excluding hydrogens is 394 g/mol. The number of anilines is 1. The minimum Gasteiger partial charge on any atom is -0.378 e. The van der Waals surface area contributed by atoms with Crippen molar-refractivity contribution in [3.63, 3.8) is 0 Å². The number of morpholine rings is 1. The van der Waals surface area contributed by atoms with Crippen molar-refractivity contribution in [3.05, 3.63) is 52.6 Å². The van der Waals surface area contributed by atoms with Crippen LogP contribution < -0.4 is 9.62 Å². The standard InChI is InChI=1S/C16H18BrN3O3S/c17-14-2-1-3-15(10-14)24(21,22)19-12-13-4-5-16(18-11-13)20-6-8-23-9-7-20/h1-5,10-11,19H,6-9,12H2. The first kappa shape index (κ1) is 17.3. The van der Waals surface area contributed by atoms with E-state index in [1.165, 1.54) is 0 Å². The molecule has 0 atom stereocenters. The molecule has 1 aromatic heterocycles. The fourth-order valence-electron chi connectivity index (χ4n) is 2.40. The van der Waals surface area contributed by atoms with Crippen LogP contribution in [0.1, 0.15) is 5.56 Å². The minimum atomic E-state index is -3.55. The Morgan fingerprint density at radius 1 is 1.21 bits per heavy atom. The number of nitrogens with one attached hydrogen (secondary N) is 1. The topological polar surface area (TPSA) is 71.5 Å². The Morgan fingerprint density at radius 3 is 2.67 bits per heavy atom. The number of aromatic nitrogens is 1. The van der Waals surface area contributed by atoms with Gasteiger partial charge in [-0.3, -0.25) is 0 Å². The summed E-state index contributed by atoms with van der Waals surface area (Å²) in [4.78, 5) is 6.80. The summed E-state index contributed by atoms with van der Waals surface area (Å²) in [6.07, 6.45) is 1.70. The Kier molecular flexibility index (Phi) is 5.50. The molecule has 1 N–H and O–H groups in total. The molecule has 6 nitrogen and oxygen atoms in total. The molecule has 1 aliphatic rings. The van der Waals surface area contributed by atoms with Crippen LogP contribution in [-0.4, -0.2) is 39.7 Å². The number of halogens is 1. The number of hydrogen-bond acceptors (Lipinski definition) is 5. The van der Waals surface area contributed by atoms with Gasteiger partial charge in [0.2, 0.25) is 10.0 Å². The van der Waals surface area contributed by atoms with Gasteiger partial charge in [0.15, 0.2) is 0 Å². The van der Waals surface area contributed by atoms with E-state index in [1.807, 2.05) is 12.1 Å². The molecule has 0 unspecified atom stereocenters. The number of sulfonamides is 1. The lowest BCUT2D eigenvalue weighted by Crippen LogP contribution is -2.36. The zero-order chi connectivity index (χ0) is 17.0. The zero-order valence-corrected chi connectivity index (χ0v) is 15.4. The summed E-state index contributed by atoms with van der Waals surface area (Å²) < 4.78 is 33.2. The first-order valence-electron chi connectivity index (χ1n) is 7.57. The molecule has 2 aromatic rings. The fourth-order valence-corrected chi connectivity index (χ4v) is 4.01. The van der Waals surface area contributed by atoms with Gasteiger partial charge in [0.05, 0.1) is 18.1 Å². The molecule has 0 amide bonds. The molecule has 0 aliphatic carbocycles. The lowest BCUT2D eigenvalue weighted by atomic mass is 10.3. The van der Waals surface area contributed by atoms with Gasteiger partial charge in [-0.2, -0.15) is 0 Å². The van der Waals surface area contributed by atoms with E-state index in [2.05, 4.69) is 30.5 Å². The Balaban J connectivity index is 1.64. The van der Waals surface area contributed by atoms with Crippen LogP contribution in [0, 0.1) is 0 Å². The van der Waals surface area contributed by atoms with Crippen molar-refractivity contribution in [1.82, 2.24) is 9.71 Å². The highest BCUT2D eigenvalue weighted by molar-refractivity contribution is 9.10. The summed E-state index contributed by atoms with van der Waals surface area (Å²) in [5.74, 6) is 0.886. The second-order valence-electron chi connectivity index (χ2n) is 5.41. The van der Waals surface area contributed by atoms with Crippen LogP contribution in [0.3, 0.4) is 0 Å². The lowest BCUT2D eigenvalue weighted by Gasteiger charge is -2.27. The number of ether oxygens (including phenoxy) is 1. The third-order valence-corrected chi connectivity index (χ3v) is 5.61. The van der Waals surface area contributed by atoms with E-state index in [0.717, 1.165) is 28.9 Å². The van der Waals surface area contributed by atoms with E-state index in [-0.39, 0.29) is 11.4 Å². The minimum absolute atomic E-state index is 0.200. The van der Waals surface area contributed by atoms with Gasteiger partial charge in [0.25, 0.3) is 0 Å². The predicted molar refractivity (Wildman–Crippen MR) is 95.4 cm³/mol. The van der Waals surface area contributed by atoms with E-state index < -0.39 is 10.0 Å². The Labute approximate surface area is 150 Å². The van der Waals surface area contributed by atoms with Crippen LogP contribution in [-0.2, 0) is 21.3 Å². The Bertz CT molecular complexity index is 790. The van der Waals surface area contributed by atoms with Crippen molar-refractivity contribution < 1.29 is 13.2 Å². The zero-order valence-electron chi connectivity index (χ0n) is 13.0. The second kappa shape index (κ2) is 7.60. The average molecular weight is 412 g/mol. The van der Waals surface area contributed by atoms with E-state index in [1.54, 1.807) is 30.5 Å². The molecule has 8 heteroatoms. The number of hydrogen-bond donors (Lipinski definition) is 1. The fraction of sp³-hybridized carbons (Fsp3) is 0.312. The van der Waals surface area contributed by atoms with Gasteiger partial charge >= 0.3 is 0 Å². The van der Waals surface area contributed by atoms with E-state index in [9.17, 15) is 8.42 Å². The smallest absolute Gasteiger partial charge is 0.240 e. The number of benzene rings is 1. The van der Waals surface area contributed by atoms with Gasteiger partial charge in [0, 0.05) is 30.3 Å². The van der Waals surface area contributed by atoms with Gasteiger partial charge in [-0.15, -0.1) is 0 Å². The summed E-state index contributed by atoms with van der Waals surface area (Å²) >= 11 is 3.28. The molecule has 1 fully saturated rings. The van der Waals surface area contributed by atoms with Crippen LogP contribution in [0.5, 0.6) is 0 Å². The average Bonchev–Trinajstić information content (AvgIpc) is 2.61. The van der Waals surface area contributed by atoms with Crippen molar-refractivity contribution in [2.75, 3.05) is 31.2 Å². The molecule has 24 heavy (non-hydrogen) atoms. The first-order valence-corrected chi connectivity index (χ1v) is 9.85. The maximum Gasteiger partial charge on any atom is 0.240 e. The lowest BCUT2D eigenvalue weighted by molar-refractivity contribution is 0.122. The second-order valence-corrected chi connectivity index (χ2v) is 8.09. The van der Waals surface area contributed by atoms with Gasteiger partial charge < -0.3 is 9.64 Å². The highest BCUT2D eigenvalue weighted by Crippen LogP contribution is 2.17. The van der Waals surface area contributed by atoms with Crippen LogP contribution in [0.4, 0.5) is 5.82 Å².